The molecule has 1 saturated heterocycles. The summed E-state index contributed by atoms with van der Waals surface area (Å²) in [6.07, 6.45) is 5.24. The summed E-state index contributed by atoms with van der Waals surface area (Å²) in [6.45, 7) is 4.68. The van der Waals surface area contributed by atoms with Gasteiger partial charge in [0.2, 0.25) is 0 Å². The van der Waals surface area contributed by atoms with Crippen LogP contribution in [0.15, 0.2) is 12.1 Å². The van der Waals surface area contributed by atoms with Gasteiger partial charge in [-0.1, -0.05) is 6.92 Å². The predicted octanol–water partition coefficient (Wildman–Crippen LogP) is 2.85. The molecule has 1 nitrogen and oxygen atoms in total. The zero-order chi connectivity index (χ0) is 9.80. The molecule has 0 amide bonds. The normalized spacial score (nSPS) is 22.5. The van der Waals surface area contributed by atoms with E-state index in [4.69, 9.17) is 0 Å². The lowest BCUT2D eigenvalue weighted by Crippen LogP contribution is -2.30. The molecule has 0 aliphatic carbocycles. The van der Waals surface area contributed by atoms with Gasteiger partial charge in [0.05, 0.1) is 0 Å². The van der Waals surface area contributed by atoms with Gasteiger partial charge in [-0.05, 0) is 56.8 Å². The molecule has 2 heterocycles. The van der Waals surface area contributed by atoms with Gasteiger partial charge in [-0.25, -0.2) is 0 Å². The van der Waals surface area contributed by atoms with E-state index < -0.39 is 0 Å². The molecule has 1 aromatic heterocycles. The van der Waals surface area contributed by atoms with Gasteiger partial charge >= 0.3 is 0 Å². The van der Waals surface area contributed by atoms with Crippen molar-refractivity contribution < 1.29 is 0 Å². The van der Waals surface area contributed by atoms with Crippen LogP contribution in [-0.2, 0) is 12.8 Å². The van der Waals surface area contributed by atoms with E-state index in [-0.39, 0.29) is 0 Å². The standard InChI is InChI=1S/C12H19NS/c1-2-11-5-6-12(14-11)8-10-4-3-7-13-9-10/h5-6,10,13H,2-4,7-9H2,1H3. The predicted molar refractivity (Wildman–Crippen MR) is 63.0 cm³/mol. The molecule has 0 spiro atoms. The van der Waals surface area contributed by atoms with Gasteiger partial charge in [0.15, 0.2) is 0 Å². The molecular formula is C12H19NS. The third kappa shape index (κ3) is 2.58. The monoisotopic (exact) mass is 209 g/mol. The van der Waals surface area contributed by atoms with Crippen LogP contribution >= 0.6 is 11.3 Å². The van der Waals surface area contributed by atoms with Gasteiger partial charge in [-0.3, -0.25) is 0 Å². The van der Waals surface area contributed by atoms with Gasteiger partial charge in [0.1, 0.15) is 0 Å². The molecule has 0 radical (unpaired) electrons. The lowest BCUT2D eigenvalue weighted by Gasteiger charge is -2.21. The molecule has 0 aromatic carbocycles. The molecule has 1 aliphatic heterocycles. The largest absolute Gasteiger partial charge is 0.316 e. The molecule has 78 valence electrons. The molecule has 1 aromatic rings. The second-order valence-electron chi connectivity index (χ2n) is 4.14. The van der Waals surface area contributed by atoms with Gasteiger partial charge in [-0.15, -0.1) is 11.3 Å². The minimum absolute atomic E-state index is 0.882. The Kier molecular flexibility index (Phi) is 3.60. The fourth-order valence-corrected chi connectivity index (χ4v) is 3.18. The number of rotatable bonds is 3. The van der Waals surface area contributed by atoms with Crippen molar-refractivity contribution in [3.05, 3.63) is 21.9 Å². The first-order chi connectivity index (χ1) is 6.88. The number of piperidine rings is 1. The second-order valence-corrected chi connectivity index (χ2v) is 5.39. The highest BCUT2D eigenvalue weighted by molar-refractivity contribution is 7.11. The highest BCUT2D eigenvalue weighted by atomic mass is 32.1. The Balaban J connectivity index is 1.89. The van der Waals surface area contributed by atoms with Crippen LogP contribution in [0.4, 0.5) is 0 Å². The number of aryl methyl sites for hydroxylation is 1. The van der Waals surface area contributed by atoms with Crippen molar-refractivity contribution in [2.45, 2.75) is 32.6 Å². The van der Waals surface area contributed by atoms with Crippen LogP contribution in [0.25, 0.3) is 0 Å². The van der Waals surface area contributed by atoms with E-state index in [1.54, 1.807) is 4.88 Å². The quantitative estimate of drug-likeness (QED) is 0.807. The molecule has 2 heteroatoms. The second kappa shape index (κ2) is 4.94. The summed E-state index contributed by atoms with van der Waals surface area (Å²) in [5, 5.41) is 3.48. The number of hydrogen-bond donors (Lipinski definition) is 1. The maximum Gasteiger partial charge on any atom is 0.00514 e. The zero-order valence-corrected chi connectivity index (χ0v) is 9.70. The molecule has 1 atom stereocenters. The van der Waals surface area contributed by atoms with Crippen molar-refractivity contribution in [1.29, 1.82) is 0 Å². The fraction of sp³-hybridized carbons (Fsp3) is 0.667. The van der Waals surface area contributed by atoms with Crippen LogP contribution in [-0.4, -0.2) is 13.1 Å². The summed E-state index contributed by atoms with van der Waals surface area (Å²) in [5.41, 5.74) is 0. The van der Waals surface area contributed by atoms with Crippen molar-refractivity contribution in [2.24, 2.45) is 5.92 Å². The van der Waals surface area contributed by atoms with Crippen molar-refractivity contribution in [3.63, 3.8) is 0 Å². The number of nitrogens with one attached hydrogen (secondary N) is 1. The van der Waals surface area contributed by atoms with Crippen molar-refractivity contribution in [1.82, 2.24) is 5.32 Å². The Labute approximate surface area is 90.5 Å². The topological polar surface area (TPSA) is 12.0 Å². The Morgan fingerprint density at radius 3 is 2.93 bits per heavy atom. The molecule has 1 N–H and O–H groups in total. The average molecular weight is 209 g/mol. The number of hydrogen-bond acceptors (Lipinski definition) is 2. The van der Waals surface area contributed by atoms with Crippen LogP contribution in [0.1, 0.15) is 29.5 Å². The molecule has 0 bridgehead atoms. The summed E-state index contributed by atoms with van der Waals surface area (Å²) < 4.78 is 0. The first kappa shape index (κ1) is 10.2. The van der Waals surface area contributed by atoms with Crippen molar-refractivity contribution >= 4 is 11.3 Å². The molecule has 1 aliphatic rings. The first-order valence-corrected chi connectivity index (χ1v) is 6.48. The van der Waals surface area contributed by atoms with Crippen molar-refractivity contribution in [2.75, 3.05) is 13.1 Å². The maximum absolute atomic E-state index is 3.48. The minimum atomic E-state index is 0.882. The van der Waals surface area contributed by atoms with E-state index in [2.05, 4.69) is 24.4 Å². The van der Waals surface area contributed by atoms with Crippen LogP contribution in [0, 0.1) is 5.92 Å². The summed E-state index contributed by atoms with van der Waals surface area (Å²) in [7, 11) is 0. The highest BCUT2D eigenvalue weighted by Gasteiger charge is 2.14. The maximum atomic E-state index is 3.48. The lowest BCUT2D eigenvalue weighted by atomic mass is 9.96. The van der Waals surface area contributed by atoms with E-state index in [9.17, 15) is 0 Å². The summed E-state index contributed by atoms with van der Waals surface area (Å²) >= 11 is 2.00. The van der Waals surface area contributed by atoms with Crippen LogP contribution in [0.2, 0.25) is 0 Å². The Morgan fingerprint density at radius 2 is 2.29 bits per heavy atom. The van der Waals surface area contributed by atoms with Crippen LogP contribution in [0.5, 0.6) is 0 Å². The van der Waals surface area contributed by atoms with E-state index in [0.29, 0.717) is 0 Å². The van der Waals surface area contributed by atoms with E-state index in [0.717, 1.165) is 5.92 Å². The molecule has 1 unspecified atom stereocenters. The summed E-state index contributed by atoms with van der Waals surface area (Å²) in [4.78, 5) is 3.11. The zero-order valence-electron chi connectivity index (χ0n) is 8.88. The number of thiophene rings is 1. The molecule has 14 heavy (non-hydrogen) atoms. The highest BCUT2D eigenvalue weighted by Crippen LogP contribution is 2.23. The van der Waals surface area contributed by atoms with Gasteiger partial charge < -0.3 is 5.32 Å². The molecular weight excluding hydrogens is 190 g/mol. The first-order valence-electron chi connectivity index (χ1n) is 5.66. The van der Waals surface area contributed by atoms with Gasteiger partial charge in [-0.2, -0.15) is 0 Å². The summed E-state index contributed by atoms with van der Waals surface area (Å²) in [5.74, 6) is 0.882. The minimum Gasteiger partial charge on any atom is -0.316 e. The fourth-order valence-electron chi connectivity index (χ4n) is 2.10. The molecule has 0 saturated carbocycles. The SMILES string of the molecule is CCc1ccc(CC2CCCNC2)s1. The Morgan fingerprint density at radius 1 is 1.43 bits per heavy atom. The molecule has 1 fully saturated rings. The smallest absolute Gasteiger partial charge is 0.00514 e. The third-order valence-electron chi connectivity index (χ3n) is 2.95. The van der Waals surface area contributed by atoms with Crippen LogP contribution < -0.4 is 5.32 Å². The summed E-state index contributed by atoms with van der Waals surface area (Å²) in [6, 6.07) is 4.61. The van der Waals surface area contributed by atoms with E-state index in [1.165, 1.54) is 43.6 Å². The van der Waals surface area contributed by atoms with E-state index in [1.807, 2.05) is 11.3 Å². The third-order valence-corrected chi connectivity index (χ3v) is 4.21. The van der Waals surface area contributed by atoms with E-state index >= 15 is 0 Å². The average Bonchev–Trinajstić information content (AvgIpc) is 2.67. The Hall–Kier alpha value is -0.340. The Bertz CT molecular complexity index is 274. The van der Waals surface area contributed by atoms with Crippen molar-refractivity contribution in [3.8, 4) is 0 Å². The molecule has 2 rings (SSSR count). The van der Waals surface area contributed by atoms with Crippen LogP contribution in [0.3, 0.4) is 0 Å². The van der Waals surface area contributed by atoms with Gasteiger partial charge in [0.25, 0.3) is 0 Å². The lowest BCUT2D eigenvalue weighted by molar-refractivity contribution is 0.378. The van der Waals surface area contributed by atoms with Gasteiger partial charge in [0, 0.05) is 9.75 Å².